The minimum Gasteiger partial charge on any atom is -0.494 e. The second kappa shape index (κ2) is 7.38. The molecule has 0 bridgehead atoms. The molecule has 2 N–H and O–H groups in total. The first-order valence-corrected chi connectivity index (χ1v) is 7.16. The lowest BCUT2D eigenvalue weighted by Crippen LogP contribution is -2.35. The molecule has 1 aliphatic heterocycles. The molecule has 0 saturated carbocycles. The Morgan fingerprint density at radius 1 is 1.48 bits per heavy atom. The van der Waals surface area contributed by atoms with Gasteiger partial charge in [-0.1, -0.05) is 0 Å². The van der Waals surface area contributed by atoms with Gasteiger partial charge in [-0.25, -0.2) is 0 Å². The molecule has 2 aromatic rings. The average molecular weight is 339 g/mol. The Labute approximate surface area is 140 Å². The normalized spacial score (nSPS) is 16.7. The second-order valence-corrected chi connectivity index (χ2v) is 5.16. The van der Waals surface area contributed by atoms with Crippen LogP contribution in [0.1, 0.15) is 18.7 Å². The molecule has 0 aliphatic carbocycles. The highest BCUT2D eigenvalue weighted by molar-refractivity contribution is 5.95. The molecule has 1 atom stereocenters. The summed E-state index contributed by atoms with van der Waals surface area (Å²) in [6, 6.07) is 5.26. The number of ether oxygens (including phenoxy) is 1. The molecule has 1 aromatic carbocycles. The minimum atomic E-state index is -0.125. The second-order valence-electron chi connectivity index (χ2n) is 5.16. The van der Waals surface area contributed by atoms with Gasteiger partial charge in [0.05, 0.1) is 13.2 Å². The van der Waals surface area contributed by atoms with Crippen LogP contribution >= 0.6 is 12.4 Å². The molecule has 124 valence electrons. The Hall–Kier alpha value is -2.19. The molecule has 1 aliphatic rings. The predicted molar refractivity (Wildman–Crippen MR) is 87.3 cm³/mol. The zero-order valence-electron chi connectivity index (χ0n) is 12.9. The monoisotopic (exact) mass is 338 g/mol. The summed E-state index contributed by atoms with van der Waals surface area (Å²) in [5, 5.41) is 17.5. The number of rotatable bonds is 4. The van der Waals surface area contributed by atoms with Gasteiger partial charge in [-0.2, -0.15) is 4.68 Å². The summed E-state index contributed by atoms with van der Waals surface area (Å²) in [6.45, 7) is 2.68. The zero-order chi connectivity index (χ0) is 15.5. The van der Waals surface area contributed by atoms with Crippen LogP contribution in [0.2, 0.25) is 0 Å². The predicted octanol–water partition coefficient (Wildman–Crippen LogP) is 1.09. The lowest BCUT2D eigenvalue weighted by atomic mass is 10.2. The molecule has 1 amide bonds. The van der Waals surface area contributed by atoms with E-state index >= 15 is 0 Å². The molecule has 0 radical (unpaired) electrons. The number of anilines is 1. The van der Waals surface area contributed by atoms with E-state index in [1.54, 1.807) is 36.9 Å². The molecule has 1 fully saturated rings. The molecule has 9 heteroatoms. The lowest BCUT2D eigenvalue weighted by Gasteiger charge is -2.14. The van der Waals surface area contributed by atoms with E-state index in [0.29, 0.717) is 22.9 Å². The first-order valence-electron chi connectivity index (χ1n) is 7.16. The summed E-state index contributed by atoms with van der Waals surface area (Å²) < 4.78 is 6.91. The highest BCUT2D eigenvalue weighted by Crippen LogP contribution is 2.26. The SMILES string of the molecule is COc1ccc(NC(=O)C2CCCN2)cc1-n1nnnc1C.Cl. The van der Waals surface area contributed by atoms with Crippen molar-refractivity contribution in [1.82, 2.24) is 25.5 Å². The molecule has 1 saturated heterocycles. The van der Waals surface area contributed by atoms with E-state index in [4.69, 9.17) is 4.74 Å². The van der Waals surface area contributed by atoms with Crippen molar-refractivity contribution in [2.45, 2.75) is 25.8 Å². The van der Waals surface area contributed by atoms with Gasteiger partial charge in [0.1, 0.15) is 11.4 Å². The third-order valence-electron chi connectivity index (χ3n) is 3.68. The van der Waals surface area contributed by atoms with Crippen LogP contribution in [0, 0.1) is 6.92 Å². The van der Waals surface area contributed by atoms with Crippen molar-refractivity contribution < 1.29 is 9.53 Å². The van der Waals surface area contributed by atoms with Crippen LogP contribution in [-0.4, -0.2) is 45.8 Å². The molecule has 8 nitrogen and oxygen atoms in total. The maximum absolute atomic E-state index is 12.2. The minimum absolute atomic E-state index is 0. The molecular formula is C14H19ClN6O2. The Morgan fingerprint density at radius 3 is 2.91 bits per heavy atom. The number of hydrogen-bond donors (Lipinski definition) is 2. The number of nitrogens with one attached hydrogen (secondary N) is 2. The quantitative estimate of drug-likeness (QED) is 0.866. The molecule has 23 heavy (non-hydrogen) atoms. The van der Waals surface area contributed by atoms with Crippen molar-refractivity contribution in [2.75, 3.05) is 19.0 Å². The fourth-order valence-electron chi connectivity index (χ4n) is 2.53. The maximum Gasteiger partial charge on any atom is 0.241 e. The number of carbonyl (C=O) groups excluding carboxylic acids is 1. The van der Waals surface area contributed by atoms with Gasteiger partial charge in [-0.05, 0) is 54.9 Å². The van der Waals surface area contributed by atoms with Crippen molar-refractivity contribution in [2.24, 2.45) is 0 Å². The van der Waals surface area contributed by atoms with Gasteiger partial charge < -0.3 is 15.4 Å². The van der Waals surface area contributed by atoms with Gasteiger partial charge in [0, 0.05) is 5.69 Å². The van der Waals surface area contributed by atoms with Crippen LogP contribution in [-0.2, 0) is 4.79 Å². The van der Waals surface area contributed by atoms with Gasteiger partial charge in [0.25, 0.3) is 0 Å². The Balaban J connectivity index is 0.00000192. The number of methoxy groups -OCH3 is 1. The fourth-order valence-corrected chi connectivity index (χ4v) is 2.53. The van der Waals surface area contributed by atoms with Crippen molar-refractivity contribution in [3.63, 3.8) is 0 Å². The standard InChI is InChI=1S/C14H18N6O2.ClH/c1-9-17-18-19-20(9)12-8-10(5-6-13(12)22-2)16-14(21)11-4-3-7-15-11;/h5-6,8,11,15H,3-4,7H2,1-2H3,(H,16,21);1H. The van der Waals surface area contributed by atoms with Crippen molar-refractivity contribution in [3.05, 3.63) is 24.0 Å². The summed E-state index contributed by atoms with van der Waals surface area (Å²) in [6.07, 6.45) is 1.89. The third kappa shape index (κ3) is 3.59. The molecule has 3 rings (SSSR count). The number of halogens is 1. The highest BCUT2D eigenvalue weighted by atomic mass is 35.5. The Kier molecular flexibility index (Phi) is 5.51. The molecular weight excluding hydrogens is 320 g/mol. The lowest BCUT2D eigenvalue weighted by molar-refractivity contribution is -0.117. The summed E-state index contributed by atoms with van der Waals surface area (Å²) >= 11 is 0. The summed E-state index contributed by atoms with van der Waals surface area (Å²) in [5.74, 6) is 1.24. The summed E-state index contributed by atoms with van der Waals surface area (Å²) in [5.41, 5.74) is 1.37. The average Bonchev–Trinajstić information content (AvgIpc) is 3.18. The van der Waals surface area contributed by atoms with E-state index in [1.165, 1.54) is 0 Å². The molecule has 2 heterocycles. The Bertz CT molecular complexity index is 684. The fraction of sp³-hybridized carbons (Fsp3) is 0.429. The summed E-state index contributed by atoms with van der Waals surface area (Å²) in [7, 11) is 1.58. The maximum atomic E-state index is 12.2. The van der Waals surface area contributed by atoms with Gasteiger partial charge in [-0.15, -0.1) is 17.5 Å². The van der Waals surface area contributed by atoms with Gasteiger partial charge in [0.15, 0.2) is 5.82 Å². The van der Waals surface area contributed by atoms with Crippen molar-refractivity contribution in [1.29, 1.82) is 0 Å². The smallest absolute Gasteiger partial charge is 0.241 e. The van der Waals surface area contributed by atoms with Crippen LogP contribution in [0.15, 0.2) is 18.2 Å². The molecule has 1 aromatic heterocycles. The van der Waals surface area contributed by atoms with E-state index in [1.807, 2.05) is 0 Å². The van der Waals surface area contributed by atoms with Crippen molar-refractivity contribution >= 4 is 24.0 Å². The molecule has 0 spiro atoms. The molecule has 1 unspecified atom stereocenters. The van der Waals surface area contributed by atoms with Crippen molar-refractivity contribution in [3.8, 4) is 11.4 Å². The third-order valence-corrected chi connectivity index (χ3v) is 3.68. The number of nitrogens with zero attached hydrogens (tertiary/aromatic N) is 4. The topological polar surface area (TPSA) is 94.0 Å². The van der Waals surface area contributed by atoms with Gasteiger partial charge in [-0.3, -0.25) is 4.79 Å². The Morgan fingerprint density at radius 2 is 2.30 bits per heavy atom. The number of amides is 1. The number of aryl methyl sites for hydroxylation is 1. The van der Waals surface area contributed by atoms with E-state index in [0.717, 1.165) is 19.4 Å². The largest absolute Gasteiger partial charge is 0.494 e. The van der Waals surface area contributed by atoms with Crippen LogP contribution in [0.3, 0.4) is 0 Å². The van der Waals surface area contributed by atoms with Gasteiger partial charge in [0.2, 0.25) is 5.91 Å². The van der Waals surface area contributed by atoms with Crippen LogP contribution in [0.5, 0.6) is 5.75 Å². The van der Waals surface area contributed by atoms with Crippen LogP contribution < -0.4 is 15.4 Å². The zero-order valence-corrected chi connectivity index (χ0v) is 13.8. The van der Waals surface area contributed by atoms with Crippen LogP contribution in [0.25, 0.3) is 5.69 Å². The first-order chi connectivity index (χ1) is 10.7. The number of aromatic nitrogens is 4. The van der Waals surface area contributed by atoms with E-state index in [9.17, 15) is 4.79 Å². The van der Waals surface area contributed by atoms with Crippen LogP contribution in [0.4, 0.5) is 5.69 Å². The van der Waals surface area contributed by atoms with E-state index in [2.05, 4.69) is 26.2 Å². The van der Waals surface area contributed by atoms with E-state index in [-0.39, 0.29) is 24.4 Å². The number of hydrogen-bond acceptors (Lipinski definition) is 6. The number of tetrazole rings is 1. The van der Waals surface area contributed by atoms with Gasteiger partial charge >= 0.3 is 0 Å². The first kappa shape index (κ1) is 17.2. The van der Waals surface area contributed by atoms with E-state index < -0.39 is 0 Å². The number of benzene rings is 1. The number of carbonyl (C=O) groups is 1. The highest BCUT2D eigenvalue weighted by Gasteiger charge is 2.22. The summed E-state index contributed by atoms with van der Waals surface area (Å²) in [4.78, 5) is 12.2.